The van der Waals surface area contributed by atoms with Crippen LogP contribution in [0.1, 0.15) is 45.0 Å². The quantitative estimate of drug-likeness (QED) is 0.246. The van der Waals surface area contributed by atoms with Gasteiger partial charge in [0.05, 0.1) is 17.9 Å². The summed E-state index contributed by atoms with van der Waals surface area (Å²) in [5.41, 5.74) is 1.32. The van der Waals surface area contributed by atoms with Crippen LogP contribution in [0.25, 0.3) is 5.76 Å². The maximum absolute atomic E-state index is 14.9. The van der Waals surface area contributed by atoms with E-state index in [0.717, 1.165) is 21.8 Å². The van der Waals surface area contributed by atoms with Gasteiger partial charge in [0.1, 0.15) is 22.5 Å². The Hall–Kier alpha value is -3.85. The van der Waals surface area contributed by atoms with E-state index in [-0.39, 0.29) is 27.8 Å². The largest absolute Gasteiger partial charge is 0.507 e. The number of carbonyl (C=O) groups is 3. The minimum atomic E-state index is -1.27. The first-order valence-electron chi connectivity index (χ1n) is 10.5. The van der Waals surface area contributed by atoms with E-state index < -0.39 is 35.3 Å². The van der Waals surface area contributed by atoms with Crippen LogP contribution >= 0.6 is 11.3 Å². The first-order chi connectivity index (χ1) is 16.2. The standard InChI is InChI=1S/C25H21FN2O5S/c1-4-33-24(32)22-14(3)27-25(34-22)28-19(16-7-5-6-8-17(16)26)18(21(30)23(28)31)20(29)15-11-9-13(2)10-12-15/h5-12,19,29H,4H2,1-3H3/b20-18+. The molecule has 0 spiro atoms. The highest BCUT2D eigenvalue weighted by atomic mass is 32.1. The number of hydrogen-bond donors (Lipinski definition) is 1. The molecule has 1 aliphatic rings. The summed E-state index contributed by atoms with van der Waals surface area (Å²) in [5, 5.41) is 11.1. The van der Waals surface area contributed by atoms with E-state index in [1.54, 1.807) is 44.2 Å². The smallest absolute Gasteiger partial charge is 0.350 e. The van der Waals surface area contributed by atoms with Crippen molar-refractivity contribution in [1.29, 1.82) is 0 Å². The predicted octanol–water partition coefficient (Wildman–Crippen LogP) is 4.70. The number of amides is 1. The van der Waals surface area contributed by atoms with E-state index >= 15 is 0 Å². The van der Waals surface area contributed by atoms with E-state index in [1.165, 1.54) is 18.2 Å². The number of aromatic nitrogens is 1. The number of anilines is 1. The monoisotopic (exact) mass is 480 g/mol. The lowest BCUT2D eigenvalue weighted by Crippen LogP contribution is -2.29. The Morgan fingerprint density at radius 2 is 1.82 bits per heavy atom. The van der Waals surface area contributed by atoms with Crippen LogP contribution in [-0.2, 0) is 14.3 Å². The number of hydrogen-bond acceptors (Lipinski definition) is 7. The zero-order chi connectivity index (χ0) is 24.6. The molecule has 0 saturated carbocycles. The average Bonchev–Trinajstić information content (AvgIpc) is 3.31. The third-order valence-corrected chi connectivity index (χ3v) is 6.56. The number of nitrogens with zero attached hydrogens (tertiary/aromatic N) is 2. The van der Waals surface area contributed by atoms with Crippen LogP contribution in [0.4, 0.5) is 9.52 Å². The Morgan fingerprint density at radius 1 is 1.15 bits per heavy atom. The van der Waals surface area contributed by atoms with Gasteiger partial charge in [-0.3, -0.25) is 14.5 Å². The zero-order valence-electron chi connectivity index (χ0n) is 18.7. The molecule has 34 heavy (non-hydrogen) atoms. The van der Waals surface area contributed by atoms with Gasteiger partial charge in [-0.25, -0.2) is 14.2 Å². The van der Waals surface area contributed by atoms with Gasteiger partial charge in [0.25, 0.3) is 5.78 Å². The summed E-state index contributed by atoms with van der Waals surface area (Å²) in [6.07, 6.45) is 0. The van der Waals surface area contributed by atoms with Gasteiger partial charge < -0.3 is 9.84 Å². The molecule has 1 unspecified atom stereocenters. The first kappa shape index (κ1) is 23.3. The van der Waals surface area contributed by atoms with Crippen LogP contribution in [0.2, 0.25) is 0 Å². The Balaban J connectivity index is 1.93. The zero-order valence-corrected chi connectivity index (χ0v) is 19.5. The molecule has 174 valence electrons. The van der Waals surface area contributed by atoms with Crippen molar-refractivity contribution in [1.82, 2.24) is 4.98 Å². The molecule has 2 heterocycles. The number of Topliss-reactive ketones (excluding diaryl/α,β-unsaturated/α-hetero) is 1. The number of rotatable bonds is 5. The molecule has 7 nitrogen and oxygen atoms in total. The van der Waals surface area contributed by atoms with Crippen molar-refractivity contribution < 1.29 is 28.6 Å². The fourth-order valence-corrected chi connectivity index (χ4v) is 4.75. The van der Waals surface area contributed by atoms with Crippen LogP contribution in [-0.4, -0.2) is 34.4 Å². The second-order valence-corrected chi connectivity index (χ2v) is 8.67. The predicted molar refractivity (Wildman–Crippen MR) is 125 cm³/mol. The number of carbonyl (C=O) groups excluding carboxylic acids is 3. The lowest BCUT2D eigenvalue weighted by molar-refractivity contribution is -0.132. The van der Waals surface area contributed by atoms with Crippen molar-refractivity contribution in [2.24, 2.45) is 0 Å². The molecule has 1 fully saturated rings. The summed E-state index contributed by atoms with van der Waals surface area (Å²) in [6.45, 7) is 5.26. The number of aryl methyl sites for hydroxylation is 2. The van der Waals surface area contributed by atoms with Gasteiger partial charge >= 0.3 is 11.9 Å². The molecule has 0 radical (unpaired) electrons. The lowest BCUT2D eigenvalue weighted by Gasteiger charge is -2.23. The first-order valence-corrected chi connectivity index (χ1v) is 11.3. The van der Waals surface area contributed by atoms with Crippen molar-refractivity contribution in [2.45, 2.75) is 26.8 Å². The van der Waals surface area contributed by atoms with Gasteiger partial charge in [0.15, 0.2) is 5.13 Å². The second kappa shape index (κ2) is 9.18. The Kier molecular flexibility index (Phi) is 6.30. The van der Waals surface area contributed by atoms with E-state index in [0.29, 0.717) is 11.3 Å². The molecule has 2 aromatic carbocycles. The molecular weight excluding hydrogens is 459 g/mol. The maximum Gasteiger partial charge on any atom is 0.350 e. The van der Waals surface area contributed by atoms with Gasteiger partial charge in [-0.2, -0.15) is 0 Å². The van der Waals surface area contributed by atoms with E-state index in [9.17, 15) is 23.9 Å². The molecule has 1 N–H and O–H groups in total. The molecular formula is C25H21FN2O5S. The fraction of sp³-hybridized carbons (Fsp3) is 0.200. The van der Waals surface area contributed by atoms with Crippen LogP contribution in [0.5, 0.6) is 0 Å². The Labute approximate surface area is 199 Å². The SMILES string of the molecule is CCOC(=O)c1sc(N2C(=O)C(=O)/C(=C(/O)c3ccc(C)cc3)C2c2ccccc2F)nc1C. The third kappa shape index (κ3) is 3.99. The van der Waals surface area contributed by atoms with Crippen molar-refractivity contribution in [3.63, 3.8) is 0 Å². The topological polar surface area (TPSA) is 96.8 Å². The van der Waals surface area contributed by atoms with Gasteiger partial charge in [-0.15, -0.1) is 0 Å². The highest BCUT2D eigenvalue weighted by Gasteiger charge is 2.49. The number of ketones is 1. The average molecular weight is 481 g/mol. The van der Waals surface area contributed by atoms with Gasteiger partial charge in [0.2, 0.25) is 0 Å². The van der Waals surface area contributed by atoms with Crippen molar-refractivity contribution in [2.75, 3.05) is 11.5 Å². The fourth-order valence-electron chi connectivity index (χ4n) is 3.76. The molecule has 1 saturated heterocycles. The van der Waals surface area contributed by atoms with Gasteiger partial charge in [-0.1, -0.05) is 59.4 Å². The Bertz CT molecular complexity index is 1330. The highest BCUT2D eigenvalue weighted by Crippen LogP contribution is 2.44. The summed E-state index contributed by atoms with van der Waals surface area (Å²) in [4.78, 5) is 44.1. The van der Waals surface area contributed by atoms with Crippen LogP contribution < -0.4 is 4.90 Å². The van der Waals surface area contributed by atoms with Crippen LogP contribution in [0, 0.1) is 19.7 Å². The number of benzene rings is 2. The number of thiazole rings is 1. The lowest BCUT2D eigenvalue weighted by atomic mass is 9.95. The maximum atomic E-state index is 14.9. The highest BCUT2D eigenvalue weighted by molar-refractivity contribution is 7.17. The molecule has 1 aromatic heterocycles. The normalized spacial score (nSPS) is 17.3. The molecule has 1 aliphatic heterocycles. The summed E-state index contributed by atoms with van der Waals surface area (Å²) in [7, 11) is 0. The van der Waals surface area contributed by atoms with Crippen molar-refractivity contribution in [3.8, 4) is 0 Å². The molecule has 9 heteroatoms. The number of aliphatic hydroxyl groups excluding tert-OH is 1. The minimum absolute atomic E-state index is 0.0147. The van der Waals surface area contributed by atoms with E-state index in [1.807, 2.05) is 6.92 Å². The molecule has 0 bridgehead atoms. The molecule has 4 rings (SSSR count). The van der Waals surface area contributed by atoms with Crippen LogP contribution in [0.3, 0.4) is 0 Å². The summed E-state index contributed by atoms with van der Waals surface area (Å²) >= 11 is 0.867. The second-order valence-electron chi connectivity index (χ2n) is 7.69. The Morgan fingerprint density at radius 3 is 2.47 bits per heavy atom. The number of esters is 1. The molecule has 3 aromatic rings. The minimum Gasteiger partial charge on any atom is -0.507 e. The van der Waals surface area contributed by atoms with Crippen molar-refractivity contribution in [3.05, 3.63) is 87.2 Å². The molecule has 1 amide bonds. The third-order valence-electron chi connectivity index (χ3n) is 5.42. The molecule has 1 atom stereocenters. The summed E-state index contributed by atoms with van der Waals surface area (Å²) < 4.78 is 20.0. The number of ether oxygens (including phenoxy) is 1. The van der Waals surface area contributed by atoms with E-state index in [2.05, 4.69) is 4.98 Å². The summed E-state index contributed by atoms with van der Waals surface area (Å²) in [5.74, 6) is -3.65. The number of halogens is 1. The van der Waals surface area contributed by atoms with Crippen molar-refractivity contribution >= 4 is 39.9 Å². The summed E-state index contributed by atoms with van der Waals surface area (Å²) in [6, 6.07) is 11.2. The molecule has 0 aliphatic carbocycles. The van der Waals surface area contributed by atoms with Crippen LogP contribution in [0.15, 0.2) is 54.1 Å². The van der Waals surface area contributed by atoms with Gasteiger partial charge in [0, 0.05) is 11.1 Å². The number of aliphatic hydroxyl groups is 1. The van der Waals surface area contributed by atoms with E-state index in [4.69, 9.17) is 4.74 Å². The van der Waals surface area contributed by atoms with Gasteiger partial charge in [-0.05, 0) is 26.8 Å².